The summed E-state index contributed by atoms with van der Waals surface area (Å²) >= 11 is 0. The molecule has 8 nitrogen and oxygen atoms in total. The fraction of sp³-hybridized carbons (Fsp3) is 0.625. The van der Waals surface area contributed by atoms with Gasteiger partial charge >= 0.3 is 0 Å². The largest absolute Gasteiger partial charge is 0.354 e. The quantitative estimate of drug-likeness (QED) is 0.811. The molecule has 0 amide bonds. The third-order valence-corrected chi connectivity index (χ3v) is 4.88. The summed E-state index contributed by atoms with van der Waals surface area (Å²) in [6.45, 7) is 6.99. The van der Waals surface area contributed by atoms with Crippen LogP contribution in [-0.2, 0) is 13.6 Å². The molecule has 2 aromatic heterocycles. The molecule has 0 spiro atoms. The van der Waals surface area contributed by atoms with Crippen molar-refractivity contribution < 1.29 is 0 Å². The molecule has 0 atom stereocenters. The molecule has 2 saturated heterocycles. The van der Waals surface area contributed by atoms with Crippen molar-refractivity contribution in [3.63, 3.8) is 0 Å². The number of hydrogen-bond donors (Lipinski definition) is 0. The van der Waals surface area contributed by atoms with Crippen molar-refractivity contribution >= 4 is 11.8 Å². The fourth-order valence-corrected chi connectivity index (χ4v) is 3.38. The minimum atomic E-state index is 0.854. The van der Waals surface area contributed by atoms with Gasteiger partial charge in [-0.15, -0.1) is 0 Å². The average Bonchev–Trinajstić information content (AvgIpc) is 3.28. The van der Waals surface area contributed by atoms with Crippen molar-refractivity contribution in [3.05, 3.63) is 24.4 Å². The molecule has 2 aliphatic heterocycles. The lowest BCUT2D eigenvalue weighted by Gasteiger charge is -2.35. The summed E-state index contributed by atoms with van der Waals surface area (Å²) in [7, 11) is 1.94. The van der Waals surface area contributed by atoms with Crippen LogP contribution in [0.2, 0.25) is 0 Å². The SMILES string of the molecule is Cn1ncnc1CN1CCN(c2ccnc(N3CCCC3)n2)CC1. The van der Waals surface area contributed by atoms with Crippen LogP contribution in [0.3, 0.4) is 0 Å². The Bertz CT molecular complexity index is 670. The molecule has 0 aromatic carbocycles. The van der Waals surface area contributed by atoms with E-state index >= 15 is 0 Å². The average molecular weight is 328 g/mol. The highest BCUT2D eigenvalue weighted by Crippen LogP contribution is 2.20. The molecule has 24 heavy (non-hydrogen) atoms. The van der Waals surface area contributed by atoms with E-state index in [1.807, 2.05) is 24.0 Å². The fourth-order valence-electron chi connectivity index (χ4n) is 3.38. The van der Waals surface area contributed by atoms with Gasteiger partial charge in [0, 0.05) is 52.5 Å². The lowest BCUT2D eigenvalue weighted by atomic mass is 10.3. The van der Waals surface area contributed by atoms with Crippen LogP contribution in [-0.4, -0.2) is 68.9 Å². The highest BCUT2D eigenvalue weighted by atomic mass is 15.4. The molecule has 0 unspecified atom stereocenters. The van der Waals surface area contributed by atoms with Gasteiger partial charge in [-0.25, -0.2) is 9.97 Å². The normalized spacial score (nSPS) is 19.2. The van der Waals surface area contributed by atoms with Gasteiger partial charge in [0.05, 0.1) is 6.54 Å². The summed E-state index contributed by atoms with van der Waals surface area (Å²) in [6.07, 6.45) is 6.00. The molecule has 2 aromatic rings. The first-order chi connectivity index (χ1) is 11.8. The van der Waals surface area contributed by atoms with Crippen molar-refractivity contribution in [2.75, 3.05) is 49.1 Å². The molecule has 128 valence electrons. The molecular formula is C16H24N8. The second-order valence-corrected chi connectivity index (χ2v) is 6.47. The maximum Gasteiger partial charge on any atom is 0.227 e. The number of piperazine rings is 1. The predicted octanol–water partition coefficient (Wildman–Crippen LogP) is 0.528. The van der Waals surface area contributed by atoms with E-state index in [2.05, 4.69) is 29.8 Å². The van der Waals surface area contributed by atoms with Crippen LogP contribution in [0.5, 0.6) is 0 Å². The Morgan fingerprint density at radius 3 is 2.46 bits per heavy atom. The van der Waals surface area contributed by atoms with Crippen LogP contribution >= 0.6 is 0 Å². The zero-order chi connectivity index (χ0) is 16.4. The highest BCUT2D eigenvalue weighted by Gasteiger charge is 2.21. The third kappa shape index (κ3) is 3.19. The molecule has 2 aliphatic rings. The van der Waals surface area contributed by atoms with Gasteiger partial charge in [0.2, 0.25) is 5.95 Å². The summed E-state index contributed by atoms with van der Waals surface area (Å²) in [5.41, 5.74) is 0. The van der Waals surface area contributed by atoms with E-state index < -0.39 is 0 Å². The Morgan fingerprint density at radius 2 is 1.75 bits per heavy atom. The van der Waals surface area contributed by atoms with E-state index in [0.717, 1.165) is 63.4 Å². The monoisotopic (exact) mass is 328 g/mol. The van der Waals surface area contributed by atoms with Crippen LogP contribution in [0.15, 0.2) is 18.6 Å². The summed E-state index contributed by atoms with van der Waals surface area (Å²) in [5, 5.41) is 4.14. The molecule has 4 heterocycles. The molecule has 2 fully saturated rings. The third-order valence-electron chi connectivity index (χ3n) is 4.88. The van der Waals surface area contributed by atoms with E-state index in [0.29, 0.717) is 0 Å². The van der Waals surface area contributed by atoms with Gasteiger partial charge in [-0.3, -0.25) is 9.58 Å². The van der Waals surface area contributed by atoms with E-state index in [4.69, 9.17) is 4.98 Å². The smallest absolute Gasteiger partial charge is 0.227 e. The molecular weight excluding hydrogens is 304 g/mol. The van der Waals surface area contributed by atoms with Crippen molar-refractivity contribution in [2.24, 2.45) is 7.05 Å². The minimum Gasteiger partial charge on any atom is -0.354 e. The second-order valence-electron chi connectivity index (χ2n) is 6.47. The Morgan fingerprint density at radius 1 is 0.958 bits per heavy atom. The summed E-state index contributed by atoms with van der Waals surface area (Å²) < 4.78 is 1.85. The number of aromatic nitrogens is 5. The molecule has 0 radical (unpaired) electrons. The van der Waals surface area contributed by atoms with Crippen LogP contribution in [0.1, 0.15) is 18.7 Å². The first-order valence-corrected chi connectivity index (χ1v) is 8.68. The zero-order valence-corrected chi connectivity index (χ0v) is 14.2. The number of hydrogen-bond acceptors (Lipinski definition) is 7. The Balaban J connectivity index is 1.37. The molecule has 8 heteroatoms. The topological polar surface area (TPSA) is 66.2 Å². The van der Waals surface area contributed by atoms with Crippen LogP contribution in [0.4, 0.5) is 11.8 Å². The standard InChI is InChI=1S/C16H24N8/c1-21-15(18-13-19-21)12-22-8-10-23(11-9-22)14-4-5-17-16(20-14)24-6-2-3-7-24/h4-5,13H,2-3,6-12H2,1H3. The highest BCUT2D eigenvalue weighted by molar-refractivity contribution is 5.44. The van der Waals surface area contributed by atoms with Gasteiger partial charge in [0.1, 0.15) is 18.0 Å². The summed E-state index contributed by atoms with van der Waals surface area (Å²) in [4.78, 5) is 20.6. The van der Waals surface area contributed by atoms with Crippen LogP contribution < -0.4 is 9.80 Å². The number of nitrogens with zero attached hydrogens (tertiary/aromatic N) is 8. The van der Waals surface area contributed by atoms with Crippen molar-refractivity contribution in [3.8, 4) is 0 Å². The maximum absolute atomic E-state index is 4.79. The van der Waals surface area contributed by atoms with Gasteiger partial charge in [0.15, 0.2) is 0 Å². The molecule has 0 saturated carbocycles. The van der Waals surface area contributed by atoms with Gasteiger partial charge in [-0.1, -0.05) is 0 Å². The van der Waals surface area contributed by atoms with Crippen molar-refractivity contribution in [1.29, 1.82) is 0 Å². The first kappa shape index (κ1) is 15.3. The van der Waals surface area contributed by atoms with Crippen LogP contribution in [0.25, 0.3) is 0 Å². The van der Waals surface area contributed by atoms with Gasteiger partial charge in [0.25, 0.3) is 0 Å². The predicted molar refractivity (Wildman–Crippen MR) is 92.0 cm³/mol. The maximum atomic E-state index is 4.79. The van der Waals surface area contributed by atoms with Gasteiger partial charge < -0.3 is 9.80 Å². The summed E-state index contributed by atoms with van der Waals surface area (Å²) in [5.74, 6) is 2.94. The number of aryl methyl sites for hydroxylation is 1. The second kappa shape index (κ2) is 6.72. The van der Waals surface area contributed by atoms with Crippen molar-refractivity contribution in [2.45, 2.75) is 19.4 Å². The summed E-state index contributed by atoms with van der Waals surface area (Å²) in [6, 6.07) is 2.03. The first-order valence-electron chi connectivity index (χ1n) is 8.68. The van der Waals surface area contributed by atoms with E-state index in [9.17, 15) is 0 Å². The Labute approximate surface area is 142 Å². The van der Waals surface area contributed by atoms with E-state index in [1.165, 1.54) is 12.8 Å². The zero-order valence-electron chi connectivity index (χ0n) is 14.2. The number of anilines is 2. The van der Waals surface area contributed by atoms with Crippen molar-refractivity contribution in [1.82, 2.24) is 29.6 Å². The molecule has 0 N–H and O–H groups in total. The van der Waals surface area contributed by atoms with E-state index in [1.54, 1.807) is 6.33 Å². The van der Waals surface area contributed by atoms with E-state index in [-0.39, 0.29) is 0 Å². The van der Waals surface area contributed by atoms with Gasteiger partial charge in [-0.2, -0.15) is 10.1 Å². The minimum absolute atomic E-state index is 0.854. The molecule has 0 aliphatic carbocycles. The Kier molecular flexibility index (Phi) is 4.29. The number of rotatable bonds is 4. The lowest BCUT2D eigenvalue weighted by molar-refractivity contribution is 0.240. The van der Waals surface area contributed by atoms with Gasteiger partial charge in [-0.05, 0) is 18.9 Å². The molecule has 4 rings (SSSR count). The Hall–Kier alpha value is -2.22. The lowest BCUT2D eigenvalue weighted by Crippen LogP contribution is -2.46. The molecule has 0 bridgehead atoms. The van der Waals surface area contributed by atoms with Crippen LogP contribution in [0, 0.1) is 0 Å².